The Morgan fingerprint density at radius 3 is 2.67 bits per heavy atom. The molecule has 9 heteroatoms. The van der Waals surface area contributed by atoms with Gasteiger partial charge in [-0.05, 0) is 76.2 Å². The lowest BCUT2D eigenvalue weighted by atomic mass is 10.0. The summed E-state index contributed by atoms with van der Waals surface area (Å²) in [6.07, 6.45) is 3.42. The van der Waals surface area contributed by atoms with E-state index in [1.807, 2.05) is 31.6 Å². The fourth-order valence-electron chi connectivity index (χ4n) is 5.08. The summed E-state index contributed by atoms with van der Waals surface area (Å²) >= 11 is 0. The summed E-state index contributed by atoms with van der Waals surface area (Å²) in [4.78, 5) is 19.0. The first-order valence-electron chi connectivity index (χ1n) is 12.7. The second kappa shape index (κ2) is 10.1. The van der Waals surface area contributed by atoms with E-state index >= 15 is 0 Å². The number of nitrogens with one attached hydrogen (secondary N) is 2. The monoisotopic (exact) mass is 489 g/mol. The van der Waals surface area contributed by atoms with Crippen LogP contribution in [0.1, 0.15) is 35.7 Å². The number of fused-ring (bicyclic) bond motifs is 1. The van der Waals surface area contributed by atoms with Crippen molar-refractivity contribution in [2.24, 2.45) is 0 Å². The highest BCUT2D eigenvalue weighted by atomic mass is 16.3. The Kier molecular flexibility index (Phi) is 6.90. The van der Waals surface area contributed by atoms with E-state index in [2.05, 4.69) is 63.7 Å². The summed E-state index contributed by atoms with van der Waals surface area (Å²) in [7, 11) is 4.08. The molecule has 1 aliphatic heterocycles. The Hall–Kier alpha value is -3.11. The van der Waals surface area contributed by atoms with Crippen molar-refractivity contribution in [2.75, 3.05) is 50.5 Å². The number of quaternary nitrogens is 1. The van der Waals surface area contributed by atoms with E-state index < -0.39 is 5.60 Å². The van der Waals surface area contributed by atoms with Crippen LogP contribution in [-0.2, 0) is 18.6 Å². The molecule has 190 valence electrons. The number of nitrogens with zero attached hydrogens (tertiary/aromatic N) is 5. The first kappa shape index (κ1) is 24.6. The Bertz CT molecular complexity index is 1240. The summed E-state index contributed by atoms with van der Waals surface area (Å²) in [5, 5.41) is 19.2. The predicted molar refractivity (Wildman–Crippen MR) is 142 cm³/mol. The van der Waals surface area contributed by atoms with E-state index in [1.54, 1.807) is 0 Å². The molecule has 1 saturated heterocycles. The van der Waals surface area contributed by atoms with Gasteiger partial charge in [-0.25, -0.2) is 10.3 Å². The minimum atomic E-state index is -0.875. The predicted octanol–water partition coefficient (Wildman–Crippen LogP) is 2.08. The molecule has 5 N–H and O–H groups in total. The van der Waals surface area contributed by atoms with Crippen molar-refractivity contribution in [3.8, 4) is 0 Å². The van der Waals surface area contributed by atoms with Gasteiger partial charge in [0.1, 0.15) is 5.60 Å². The minimum absolute atomic E-state index is 0.543. The number of rotatable bonds is 7. The Morgan fingerprint density at radius 2 is 1.92 bits per heavy atom. The number of aliphatic hydroxyl groups is 1. The van der Waals surface area contributed by atoms with E-state index in [1.165, 1.54) is 11.3 Å². The number of piperazine rings is 1. The molecular weight excluding hydrogens is 452 g/mol. The molecule has 0 spiro atoms. The third kappa shape index (κ3) is 5.19. The molecule has 0 bridgehead atoms. The number of pyridine rings is 1. The van der Waals surface area contributed by atoms with Crippen molar-refractivity contribution in [1.29, 1.82) is 0 Å². The van der Waals surface area contributed by atoms with E-state index in [0.717, 1.165) is 66.7 Å². The lowest BCUT2D eigenvalue weighted by molar-refractivity contribution is -0.488. The molecule has 1 aromatic carbocycles. The molecule has 3 heterocycles. The summed E-state index contributed by atoms with van der Waals surface area (Å²) in [5.74, 6) is 2.13. The number of benzene rings is 1. The number of hydrogen-bond donors (Lipinski definition) is 4. The molecule has 3 aromatic rings. The lowest BCUT2D eigenvalue weighted by Gasteiger charge is -2.35. The van der Waals surface area contributed by atoms with Crippen LogP contribution < -0.4 is 20.9 Å². The van der Waals surface area contributed by atoms with Gasteiger partial charge in [0.05, 0.1) is 11.3 Å². The van der Waals surface area contributed by atoms with Crippen molar-refractivity contribution >= 4 is 29.0 Å². The maximum absolute atomic E-state index is 10.7. The average Bonchev–Trinajstić information content (AvgIpc) is 3.16. The molecule has 0 amide bonds. The quantitative estimate of drug-likeness (QED) is 0.400. The summed E-state index contributed by atoms with van der Waals surface area (Å²) < 4.78 is 0. The molecule has 0 saturated carbocycles. The first-order chi connectivity index (χ1) is 17.3. The van der Waals surface area contributed by atoms with Gasteiger partial charge >= 0.3 is 0 Å². The largest absolute Gasteiger partial charge is 0.384 e. The van der Waals surface area contributed by atoms with Crippen LogP contribution >= 0.6 is 0 Å². The van der Waals surface area contributed by atoms with Crippen molar-refractivity contribution in [1.82, 2.24) is 25.2 Å². The summed E-state index contributed by atoms with van der Waals surface area (Å²) in [6.45, 7) is 8.91. The number of anilines is 3. The second-order valence-corrected chi connectivity index (χ2v) is 10.2. The van der Waals surface area contributed by atoms with Gasteiger partial charge in [0.25, 0.3) is 0 Å². The second-order valence-electron chi connectivity index (χ2n) is 10.2. The third-order valence-electron chi connectivity index (χ3n) is 7.24. The molecule has 5 rings (SSSR count). The topological polar surface area (TPSA) is 106 Å². The Labute approximate surface area is 213 Å². The van der Waals surface area contributed by atoms with Crippen molar-refractivity contribution < 1.29 is 10.4 Å². The van der Waals surface area contributed by atoms with E-state index in [9.17, 15) is 5.11 Å². The zero-order valence-corrected chi connectivity index (χ0v) is 21.7. The number of aryl methyl sites for hydroxylation is 2. The van der Waals surface area contributed by atoms with Gasteiger partial charge in [0.15, 0.2) is 0 Å². The number of nitrogens with two attached hydrogens (primary N) is 1. The van der Waals surface area contributed by atoms with Gasteiger partial charge in [-0.3, -0.25) is 0 Å². The molecule has 1 fully saturated rings. The highest BCUT2D eigenvalue weighted by Crippen LogP contribution is 2.35. The SMILES string of the molecule is CNCc1cnc(Nc2ccc(N3CCN(C)CC3)c(C)c2)nc1[NH2+]c1ccc2c(n1)[C@@](C)(O)CC2. The van der Waals surface area contributed by atoms with Gasteiger partial charge in [-0.1, -0.05) is 0 Å². The fraction of sp³-hybridized carbons (Fsp3) is 0.444. The van der Waals surface area contributed by atoms with E-state index in [-0.39, 0.29) is 0 Å². The normalized spacial score (nSPS) is 20.0. The van der Waals surface area contributed by atoms with Crippen LogP contribution in [0.3, 0.4) is 0 Å². The molecule has 2 aliphatic rings. The highest BCUT2D eigenvalue weighted by Gasteiger charge is 2.34. The van der Waals surface area contributed by atoms with Crippen LogP contribution in [0.15, 0.2) is 36.5 Å². The first-order valence-corrected chi connectivity index (χ1v) is 12.7. The Balaban J connectivity index is 1.36. The number of aromatic nitrogens is 3. The van der Waals surface area contributed by atoms with Crippen LogP contribution in [0.25, 0.3) is 0 Å². The fourth-order valence-corrected chi connectivity index (χ4v) is 5.08. The van der Waals surface area contributed by atoms with Crippen molar-refractivity contribution in [2.45, 2.75) is 38.8 Å². The van der Waals surface area contributed by atoms with Crippen LogP contribution in [0.4, 0.5) is 29.0 Å². The van der Waals surface area contributed by atoms with Gasteiger partial charge < -0.3 is 25.5 Å². The van der Waals surface area contributed by atoms with Crippen molar-refractivity contribution in [3.63, 3.8) is 0 Å². The molecule has 0 unspecified atom stereocenters. The molecular formula is C27H37N8O+. The van der Waals surface area contributed by atoms with Crippen LogP contribution in [-0.4, -0.2) is 65.2 Å². The third-order valence-corrected chi connectivity index (χ3v) is 7.24. The molecule has 1 aliphatic carbocycles. The zero-order chi connectivity index (χ0) is 25.3. The van der Waals surface area contributed by atoms with E-state index in [0.29, 0.717) is 18.9 Å². The van der Waals surface area contributed by atoms with Gasteiger partial charge in [-0.2, -0.15) is 9.97 Å². The van der Waals surface area contributed by atoms with Gasteiger partial charge in [0, 0.05) is 56.4 Å². The highest BCUT2D eigenvalue weighted by molar-refractivity contribution is 5.64. The minimum Gasteiger partial charge on any atom is -0.384 e. The summed E-state index contributed by atoms with van der Waals surface area (Å²) in [5.41, 5.74) is 5.48. The van der Waals surface area contributed by atoms with E-state index in [4.69, 9.17) is 9.97 Å². The molecule has 1 atom stereocenters. The summed E-state index contributed by atoms with van der Waals surface area (Å²) in [6, 6.07) is 10.5. The average molecular weight is 490 g/mol. The van der Waals surface area contributed by atoms with Crippen LogP contribution in [0.5, 0.6) is 0 Å². The standard InChI is InChI=1S/C27H36N8O/c1-18-15-21(6-7-22(18)35-13-11-34(4)12-14-35)30-26-29-17-20(16-28-3)25(33-26)32-23-8-5-19-9-10-27(2,36)24(19)31-23/h5-8,15,17,28,36H,9-14,16H2,1-4H3,(H2,29,30,31,32,33)/p+1/t27-/m0/s1. The van der Waals surface area contributed by atoms with Crippen LogP contribution in [0.2, 0.25) is 0 Å². The van der Waals surface area contributed by atoms with Gasteiger partial charge in [0.2, 0.25) is 17.6 Å². The maximum Gasteiger partial charge on any atom is 0.240 e. The number of hydrogen-bond acceptors (Lipinski definition) is 8. The molecule has 9 nitrogen and oxygen atoms in total. The molecule has 36 heavy (non-hydrogen) atoms. The Morgan fingerprint density at radius 1 is 1.11 bits per heavy atom. The van der Waals surface area contributed by atoms with Gasteiger partial charge in [-0.15, -0.1) is 0 Å². The lowest BCUT2D eigenvalue weighted by Crippen LogP contribution is -2.73. The van der Waals surface area contributed by atoms with Crippen LogP contribution in [0, 0.1) is 6.92 Å². The molecule has 2 aromatic heterocycles. The molecule has 0 radical (unpaired) electrons. The number of likely N-dealkylation sites (N-methyl/N-ethyl adjacent to an activating group) is 1. The maximum atomic E-state index is 10.7. The van der Waals surface area contributed by atoms with Crippen molar-refractivity contribution in [3.05, 3.63) is 58.9 Å². The zero-order valence-electron chi connectivity index (χ0n) is 21.7. The smallest absolute Gasteiger partial charge is 0.240 e.